The van der Waals surface area contributed by atoms with Crippen molar-refractivity contribution in [1.82, 2.24) is 4.98 Å². The average molecular weight is 358 g/mol. The van der Waals surface area contributed by atoms with Crippen molar-refractivity contribution in [2.75, 3.05) is 17.2 Å². The van der Waals surface area contributed by atoms with Crippen molar-refractivity contribution in [1.29, 1.82) is 0 Å². The van der Waals surface area contributed by atoms with Gasteiger partial charge in [0.05, 0.1) is 11.9 Å². The van der Waals surface area contributed by atoms with Crippen LogP contribution in [0.2, 0.25) is 5.02 Å². The van der Waals surface area contributed by atoms with Gasteiger partial charge in [0.15, 0.2) is 0 Å². The lowest BCUT2D eigenvalue weighted by Crippen LogP contribution is -2.25. The lowest BCUT2D eigenvalue weighted by Gasteiger charge is -2.20. The third-order valence-electron chi connectivity index (χ3n) is 4.62. The summed E-state index contributed by atoms with van der Waals surface area (Å²) in [7, 11) is 0. The maximum atomic E-state index is 12.2. The molecule has 4 nitrogen and oxygen atoms in total. The fourth-order valence-electron chi connectivity index (χ4n) is 3.21. The van der Waals surface area contributed by atoms with E-state index in [0.29, 0.717) is 5.82 Å². The van der Waals surface area contributed by atoms with Gasteiger partial charge < -0.3 is 10.6 Å². The molecule has 2 N–H and O–H groups in total. The molecule has 1 saturated carbocycles. The fraction of sp³-hybridized carbons (Fsp3) is 0.400. The molecule has 0 radical (unpaired) electrons. The molecule has 0 atom stereocenters. The van der Waals surface area contributed by atoms with Crippen LogP contribution in [0.3, 0.4) is 0 Å². The summed E-state index contributed by atoms with van der Waals surface area (Å²) in [5.41, 5.74) is 2.14. The molecule has 1 aliphatic carbocycles. The number of anilines is 2. The van der Waals surface area contributed by atoms with Crippen molar-refractivity contribution in [2.45, 2.75) is 38.5 Å². The molecule has 0 unspecified atom stereocenters. The summed E-state index contributed by atoms with van der Waals surface area (Å²) in [5, 5.41) is 7.03. The summed E-state index contributed by atoms with van der Waals surface area (Å²) in [4.78, 5) is 16.6. The first-order valence-corrected chi connectivity index (χ1v) is 9.34. The Bertz CT molecular complexity index is 696. The molecule has 1 aromatic carbocycles. The molecule has 5 heteroatoms. The van der Waals surface area contributed by atoms with Gasteiger partial charge in [0, 0.05) is 17.5 Å². The molecule has 25 heavy (non-hydrogen) atoms. The first-order chi connectivity index (χ1) is 12.2. The molecular weight excluding hydrogens is 334 g/mol. The van der Waals surface area contributed by atoms with E-state index in [2.05, 4.69) is 21.7 Å². The number of benzene rings is 1. The van der Waals surface area contributed by atoms with Crippen molar-refractivity contribution >= 4 is 29.0 Å². The van der Waals surface area contributed by atoms with E-state index in [9.17, 15) is 4.79 Å². The van der Waals surface area contributed by atoms with Gasteiger partial charge >= 0.3 is 0 Å². The van der Waals surface area contributed by atoms with Crippen molar-refractivity contribution in [3.63, 3.8) is 0 Å². The van der Waals surface area contributed by atoms with Crippen LogP contribution in [0.5, 0.6) is 0 Å². The van der Waals surface area contributed by atoms with Gasteiger partial charge in [-0.05, 0) is 49.1 Å². The zero-order valence-corrected chi connectivity index (χ0v) is 15.1. The molecule has 0 aliphatic heterocycles. The molecule has 1 fully saturated rings. The normalized spacial score (nSPS) is 14.9. The Kier molecular flexibility index (Phi) is 6.29. The lowest BCUT2D eigenvalue weighted by atomic mass is 9.89. The van der Waals surface area contributed by atoms with E-state index in [-0.39, 0.29) is 11.8 Å². The lowest BCUT2D eigenvalue weighted by molar-refractivity contribution is -0.120. The number of halogens is 1. The number of nitrogens with one attached hydrogen (secondary N) is 2. The van der Waals surface area contributed by atoms with Gasteiger partial charge in [0.1, 0.15) is 5.82 Å². The van der Waals surface area contributed by atoms with Crippen molar-refractivity contribution in [3.8, 4) is 0 Å². The molecule has 0 saturated heterocycles. The largest absolute Gasteiger partial charge is 0.383 e. The van der Waals surface area contributed by atoms with E-state index < -0.39 is 0 Å². The molecule has 1 aromatic heterocycles. The number of hydrogen-bond donors (Lipinski definition) is 2. The highest BCUT2D eigenvalue weighted by Gasteiger charge is 2.21. The summed E-state index contributed by atoms with van der Waals surface area (Å²) in [6, 6.07) is 11.7. The average Bonchev–Trinajstić information content (AvgIpc) is 2.64. The maximum absolute atomic E-state index is 12.2. The minimum Gasteiger partial charge on any atom is -0.383 e. The number of pyridine rings is 1. The molecular formula is C20H24ClN3O. The van der Waals surface area contributed by atoms with Crippen LogP contribution in [0.25, 0.3) is 0 Å². The van der Waals surface area contributed by atoms with Gasteiger partial charge in [-0.15, -0.1) is 0 Å². The number of carbonyl (C=O) groups excluding carboxylic acids is 1. The second-order valence-electron chi connectivity index (χ2n) is 6.56. The molecule has 0 spiro atoms. The number of hydrogen-bond acceptors (Lipinski definition) is 3. The molecule has 1 aliphatic rings. The molecule has 0 bridgehead atoms. The van der Waals surface area contributed by atoms with E-state index in [4.69, 9.17) is 11.6 Å². The first kappa shape index (κ1) is 17.7. The number of carbonyl (C=O) groups is 1. The summed E-state index contributed by atoms with van der Waals surface area (Å²) in [6.07, 6.45) is 8.19. The zero-order chi connectivity index (χ0) is 17.5. The zero-order valence-electron chi connectivity index (χ0n) is 14.3. The summed E-state index contributed by atoms with van der Waals surface area (Å²) in [5.74, 6) is 0.871. The topological polar surface area (TPSA) is 54.0 Å². The predicted octanol–water partition coefficient (Wildman–Crippen LogP) is 4.91. The highest BCUT2D eigenvalue weighted by molar-refractivity contribution is 6.30. The summed E-state index contributed by atoms with van der Waals surface area (Å²) in [6.45, 7) is 0.801. The van der Waals surface area contributed by atoms with Gasteiger partial charge in [0.25, 0.3) is 0 Å². The second kappa shape index (κ2) is 8.86. The van der Waals surface area contributed by atoms with Crippen LogP contribution in [0.15, 0.2) is 42.6 Å². The third-order valence-corrected chi connectivity index (χ3v) is 4.86. The first-order valence-electron chi connectivity index (χ1n) is 8.96. The van der Waals surface area contributed by atoms with Gasteiger partial charge in [-0.25, -0.2) is 4.98 Å². The van der Waals surface area contributed by atoms with Crippen LogP contribution < -0.4 is 10.6 Å². The summed E-state index contributed by atoms with van der Waals surface area (Å²) < 4.78 is 0. The van der Waals surface area contributed by atoms with Gasteiger partial charge in [-0.2, -0.15) is 0 Å². The van der Waals surface area contributed by atoms with Crippen LogP contribution in [0, 0.1) is 5.92 Å². The van der Waals surface area contributed by atoms with Crippen LogP contribution in [0.1, 0.15) is 37.7 Å². The number of nitrogens with zero attached hydrogens (tertiary/aromatic N) is 1. The minimum absolute atomic E-state index is 0.105. The van der Waals surface area contributed by atoms with Crippen LogP contribution >= 0.6 is 11.6 Å². The van der Waals surface area contributed by atoms with E-state index in [1.165, 1.54) is 12.0 Å². The standard InChI is InChI=1S/C20H24ClN3O/c21-17-8-4-5-15(13-17)11-12-22-18-9-10-19(23-14-18)24-20(25)16-6-2-1-3-7-16/h4-5,8-10,13-14,16,22H,1-3,6-7,11-12H2,(H,23,24,25). The monoisotopic (exact) mass is 357 g/mol. The Balaban J connectivity index is 1.46. The molecule has 2 aromatic rings. The predicted molar refractivity (Wildman–Crippen MR) is 103 cm³/mol. The van der Waals surface area contributed by atoms with Crippen molar-refractivity contribution in [3.05, 3.63) is 53.2 Å². The molecule has 3 rings (SSSR count). The van der Waals surface area contributed by atoms with Gasteiger partial charge in [0.2, 0.25) is 5.91 Å². The minimum atomic E-state index is 0.105. The van der Waals surface area contributed by atoms with Crippen molar-refractivity contribution < 1.29 is 4.79 Å². The molecule has 132 valence electrons. The number of aromatic nitrogens is 1. The number of amides is 1. The SMILES string of the molecule is O=C(Nc1ccc(NCCc2cccc(Cl)c2)cn1)C1CCCCC1. The van der Waals surface area contributed by atoms with E-state index in [1.54, 1.807) is 6.20 Å². The Hall–Kier alpha value is -2.07. The molecule has 1 heterocycles. The van der Waals surface area contributed by atoms with Crippen molar-refractivity contribution in [2.24, 2.45) is 5.92 Å². The third kappa shape index (κ3) is 5.46. The van der Waals surface area contributed by atoms with Crippen LogP contribution in [0.4, 0.5) is 11.5 Å². The number of rotatable bonds is 6. The van der Waals surface area contributed by atoms with E-state index in [1.807, 2.05) is 30.3 Å². The Morgan fingerprint density at radius 2 is 2.00 bits per heavy atom. The maximum Gasteiger partial charge on any atom is 0.228 e. The van der Waals surface area contributed by atoms with Gasteiger partial charge in [-0.3, -0.25) is 4.79 Å². The highest BCUT2D eigenvalue weighted by atomic mass is 35.5. The quantitative estimate of drug-likeness (QED) is 0.772. The Morgan fingerprint density at radius 1 is 1.16 bits per heavy atom. The summed E-state index contributed by atoms with van der Waals surface area (Å²) >= 11 is 5.99. The van der Waals surface area contributed by atoms with Gasteiger partial charge in [-0.1, -0.05) is 43.0 Å². The Morgan fingerprint density at radius 3 is 2.72 bits per heavy atom. The smallest absolute Gasteiger partial charge is 0.228 e. The Labute approximate surface area is 154 Å². The highest BCUT2D eigenvalue weighted by Crippen LogP contribution is 2.24. The van der Waals surface area contributed by atoms with Crippen LogP contribution in [-0.4, -0.2) is 17.4 Å². The second-order valence-corrected chi connectivity index (χ2v) is 7.00. The molecule has 1 amide bonds. The van der Waals surface area contributed by atoms with Crippen LogP contribution in [-0.2, 0) is 11.2 Å². The van der Waals surface area contributed by atoms with E-state index >= 15 is 0 Å². The fourth-order valence-corrected chi connectivity index (χ4v) is 3.42. The van der Waals surface area contributed by atoms with E-state index in [0.717, 1.165) is 49.4 Å².